The average molecular weight is 416 g/mol. The first-order valence-corrected chi connectivity index (χ1v) is 10.5. The molecule has 0 aliphatic heterocycles. The number of amides is 3. The van der Waals surface area contributed by atoms with Crippen molar-refractivity contribution in [3.8, 4) is 0 Å². The van der Waals surface area contributed by atoms with Gasteiger partial charge in [-0.3, -0.25) is 4.79 Å². The largest absolute Gasteiger partial charge is 0.467 e. The van der Waals surface area contributed by atoms with E-state index in [9.17, 15) is 9.59 Å². The average Bonchev–Trinajstić information content (AvgIpc) is 3.26. The molecule has 3 amide bonds. The highest BCUT2D eigenvalue weighted by Crippen LogP contribution is 2.12. The summed E-state index contributed by atoms with van der Waals surface area (Å²) in [6, 6.07) is 13.2. The monoisotopic (exact) mass is 415 g/mol. The minimum Gasteiger partial charge on any atom is -0.467 e. The molecule has 0 atom stereocenters. The number of methoxy groups -OCH3 is 1. The van der Waals surface area contributed by atoms with Gasteiger partial charge in [0.25, 0.3) is 0 Å². The van der Waals surface area contributed by atoms with Crippen molar-refractivity contribution in [2.45, 2.75) is 39.3 Å². The van der Waals surface area contributed by atoms with Gasteiger partial charge < -0.3 is 24.3 Å². The molecule has 164 valence electrons. The zero-order valence-corrected chi connectivity index (χ0v) is 18.0. The van der Waals surface area contributed by atoms with Crippen molar-refractivity contribution in [2.24, 2.45) is 0 Å². The Balaban J connectivity index is 2.07. The van der Waals surface area contributed by atoms with Crippen molar-refractivity contribution in [1.82, 2.24) is 15.1 Å². The van der Waals surface area contributed by atoms with Gasteiger partial charge in [-0.25, -0.2) is 4.79 Å². The summed E-state index contributed by atoms with van der Waals surface area (Å²) in [7, 11) is 1.63. The van der Waals surface area contributed by atoms with E-state index in [1.54, 1.807) is 29.2 Å². The molecule has 1 heterocycles. The van der Waals surface area contributed by atoms with Gasteiger partial charge in [0.2, 0.25) is 5.91 Å². The van der Waals surface area contributed by atoms with Crippen LogP contribution in [0.1, 0.15) is 37.5 Å². The molecule has 1 aromatic carbocycles. The van der Waals surface area contributed by atoms with Crippen LogP contribution in [0.5, 0.6) is 0 Å². The summed E-state index contributed by atoms with van der Waals surface area (Å²) >= 11 is 0. The fraction of sp³-hybridized carbons (Fsp3) is 0.478. The van der Waals surface area contributed by atoms with Crippen LogP contribution >= 0.6 is 0 Å². The lowest BCUT2D eigenvalue weighted by Crippen LogP contribution is -2.47. The van der Waals surface area contributed by atoms with Crippen molar-refractivity contribution in [3.05, 3.63) is 60.1 Å². The van der Waals surface area contributed by atoms with Crippen LogP contribution in [-0.4, -0.2) is 55.1 Å². The van der Waals surface area contributed by atoms with E-state index in [2.05, 4.69) is 12.2 Å². The predicted octanol–water partition coefficient (Wildman–Crippen LogP) is 3.66. The Hall–Kier alpha value is -2.80. The Bertz CT molecular complexity index is 734. The van der Waals surface area contributed by atoms with Crippen LogP contribution in [-0.2, 0) is 22.6 Å². The molecule has 7 heteroatoms. The summed E-state index contributed by atoms with van der Waals surface area (Å²) in [5.41, 5.74) is 1.02. The number of ether oxygens (including phenoxy) is 1. The third-order valence-corrected chi connectivity index (χ3v) is 4.69. The number of furan rings is 1. The van der Waals surface area contributed by atoms with Gasteiger partial charge in [-0.2, -0.15) is 0 Å². The number of hydrogen-bond acceptors (Lipinski definition) is 4. The predicted molar refractivity (Wildman–Crippen MR) is 116 cm³/mol. The molecule has 0 aliphatic rings. The highest BCUT2D eigenvalue weighted by Gasteiger charge is 2.22. The van der Waals surface area contributed by atoms with E-state index >= 15 is 0 Å². The number of nitrogens with one attached hydrogen (secondary N) is 1. The fourth-order valence-corrected chi connectivity index (χ4v) is 3.03. The number of nitrogens with zero attached hydrogens (tertiary/aromatic N) is 2. The van der Waals surface area contributed by atoms with E-state index in [0.29, 0.717) is 45.0 Å². The maximum absolute atomic E-state index is 13.2. The smallest absolute Gasteiger partial charge is 0.317 e. The van der Waals surface area contributed by atoms with Gasteiger partial charge in [-0.1, -0.05) is 43.7 Å². The standard InChI is InChI=1S/C23H33N3O4/c1-3-4-13-24-23(28)25(14-9-15-29-2)19-22(27)26(18-21-12-8-16-30-21)17-20-10-6-5-7-11-20/h5-8,10-12,16H,3-4,9,13-15,17-19H2,1-2H3,(H,24,28). The van der Waals surface area contributed by atoms with Crippen molar-refractivity contribution in [1.29, 1.82) is 0 Å². The Morgan fingerprint density at radius 2 is 1.83 bits per heavy atom. The Morgan fingerprint density at radius 3 is 2.50 bits per heavy atom. The van der Waals surface area contributed by atoms with E-state index in [-0.39, 0.29) is 18.5 Å². The molecule has 0 radical (unpaired) electrons. The van der Waals surface area contributed by atoms with Crippen molar-refractivity contribution >= 4 is 11.9 Å². The van der Waals surface area contributed by atoms with Crippen LogP contribution < -0.4 is 5.32 Å². The molecule has 0 unspecified atom stereocenters. The van der Waals surface area contributed by atoms with Crippen LogP contribution in [0.2, 0.25) is 0 Å². The summed E-state index contributed by atoms with van der Waals surface area (Å²) < 4.78 is 10.6. The van der Waals surface area contributed by atoms with Crippen LogP contribution in [0, 0.1) is 0 Å². The second kappa shape index (κ2) is 13.4. The lowest BCUT2D eigenvalue weighted by Gasteiger charge is -2.27. The number of carbonyl (C=O) groups excluding carboxylic acids is 2. The number of unbranched alkanes of at least 4 members (excludes halogenated alkanes) is 1. The summed E-state index contributed by atoms with van der Waals surface area (Å²) in [6.45, 7) is 4.47. The number of benzene rings is 1. The number of urea groups is 1. The molecular formula is C23H33N3O4. The fourth-order valence-electron chi connectivity index (χ4n) is 3.03. The number of hydrogen-bond donors (Lipinski definition) is 1. The van der Waals surface area contributed by atoms with Crippen molar-refractivity contribution in [2.75, 3.05) is 33.4 Å². The molecule has 0 spiro atoms. The molecule has 7 nitrogen and oxygen atoms in total. The normalized spacial score (nSPS) is 10.6. The van der Waals surface area contributed by atoms with E-state index in [4.69, 9.17) is 9.15 Å². The topological polar surface area (TPSA) is 75.0 Å². The Kier molecular flexibility index (Phi) is 10.5. The van der Waals surface area contributed by atoms with Crippen molar-refractivity contribution < 1.29 is 18.7 Å². The quantitative estimate of drug-likeness (QED) is 0.507. The molecule has 1 N–H and O–H groups in total. The van der Waals surface area contributed by atoms with Crippen molar-refractivity contribution in [3.63, 3.8) is 0 Å². The maximum Gasteiger partial charge on any atom is 0.317 e. The molecule has 0 bridgehead atoms. The van der Waals surface area contributed by atoms with Gasteiger partial charge in [0, 0.05) is 33.4 Å². The number of carbonyl (C=O) groups is 2. The first kappa shape index (κ1) is 23.5. The lowest BCUT2D eigenvalue weighted by atomic mass is 10.2. The third kappa shape index (κ3) is 8.29. The van der Waals surface area contributed by atoms with Crippen LogP contribution in [0.4, 0.5) is 4.79 Å². The van der Waals surface area contributed by atoms with Gasteiger partial charge in [0.1, 0.15) is 12.3 Å². The molecule has 2 rings (SSSR count). The molecule has 2 aromatic rings. The van der Waals surface area contributed by atoms with E-state index < -0.39 is 0 Å². The molecule has 30 heavy (non-hydrogen) atoms. The second-order valence-corrected chi connectivity index (χ2v) is 7.17. The highest BCUT2D eigenvalue weighted by molar-refractivity contribution is 5.84. The van der Waals surface area contributed by atoms with E-state index in [1.165, 1.54) is 0 Å². The summed E-state index contributed by atoms with van der Waals surface area (Å²) in [4.78, 5) is 29.1. The Labute approximate surface area is 179 Å². The molecule has 0 saturated heterocycles. The van der Waals surface area contributed by atoms with Gasteiger partial charge >= 0.3 is 6.03 Å². The maximum atomic E-state index is 13.2. The van der Waals surface area contributed by atoms with Gasteiger partial charge in [0.15, 0.2) is 0 Å². The van der Waals surface area contributed by atoms with Gasteiger partial charge in [-0.15, -0.1) is 0 Å². The zero-order chi connectivity index (χ0) is 21.6. The van der Waals surface area contributed by atoms with Crippen LogP contribution in [0.25, 0.3) is 0 Å². The van der Waals surface area contributed by atoms with E-state index in [0.717, 1.165) is 18.4 Å². The zero-order valence-electron chi connectivity index (χ0n) is 18.0. The summed E-state index contributed by atoms with van der Waals surface area (Å²) in [5, 5.41) is 2.91. The van der Waals surface area contributed by atoms with Crippen LogP contribution in [0.15, 0.2) is 53.1 Å². The summed E-state index contributed by atoms with van der Waals surface area (Å²) in [6.07, 6.45) is 4.17. The Morgan fingerprint density at radius 1 is 1.03 bits per heavy atom. The third-order valence-electron chi connectivity index (χ3n) is 4.69. The first-order chi connectivity index (χ1) is 14.6. The van der Waals surface area contributed by atoms with Gasteiger partial charge in [0.05, 0.1) is 12.8 Å². The molecular weight excluding hydrogens is 382 g/mol. The van der Waals surface area contributed by atoms with Crippen LogP contribution in [0.3, 0.4) is 0 Å². The highest BCUT2D eigenvalue weighted by atomic mass is 16.5. The minimum atomic E-state index is -0.217. The summed E-state index contributed by atoms with van der Waals surface area (Å²) in [5.74, 6) is 0.580. The molecule has 0 aliphatic carbocycles. The molecule has 0 saturated carbocycles. The van der Waals surface area contributed by atoms with Gasteiger partial charge in [-0.05, 0) is 30.5 Å². The van der Waals surface area contributed by atoms with E-state index in [1.807, 2.05) is 36.4 Å². The second-order valence-electron chi connectivity index (χ2n) is 7.17. The minimum absolute atomic E-state index is 0.00914. The SMILES string of the molecule is CCCCNC(=O)N(CCCOC)CC(=O)N(Cc1ccccc1)Cc1ccco1. The number of rotatable bonds is 13. The molecule has 0 fully saturated rings. The molecule has 1 aromatic heterocycles. The first-order valence-electron chi connectivity index (χ1n) is 10.5. The lowest BCUT2D eigenvalue weighted by molar-refractivity contribution is -0.133.